The van der Waals surface area contributed by atoms with E-state index in [-0.39, 0.29) is 11.6 Å². The second-order valence-corrected chi connectivity index (χ2v) is 6.60. The van der Waals surface area contributed by atoms with Gasteiger partial charge in [0.15, 0.2) is 23.3 Å². The van der Waals surface area contributed by atoms with Crippen LogP contribution in [-0.4, -0.2) is 13.1 Å². The van der Waals surface area contributed by atoms with E-state index in [9.17, 15) is 17.6 Å². The molecular weight excluding hydrogens is 318 g/mol. The third-order valence-corrected chi connectivity index (χ3v) is 4.68. The number of anilines is 1. The van der Waals surface area contributed by atoms with Crippen LogP contribution < -0.4 is 4.90 Å². The molecule has 0 saturated heterocycles. The summed E-state index contributed by atoms with van der Waals surface area (Å²) >= 11 is 0. The zero-order chi connectivity index (χ0) is 18.3. The standard InChI is InChI=1S/C19H29F4N/c1-5-8-14(6-2)10-9-13(4)12-24(7-3)16-11-15(20)17(21)19(23)18(16)22/h11,13-14H,5-10,12H2,1-4H3. The van der Waals surface area contributed by atoms with Gasteiger partial charge in [0.25, 0.3) is 0 Å². The van der Waals surface area contributed by atoms with Gasteiger partial charge < -0.3 is 4.90 Å². The van der Waals surface area contributed by atoms with Crippen molar-refractivity contribution in [3.8, 4) is 0 Å². The summed E-state index contributed by atoms with van der Waals surface area (Å²) in [6.07, 6.45) is 5.57. The lowest BCUT2D eigenvalue weighted by molar-refractivity contribution is 0.375. The fourth-order valence-corrected chi connectivity index (χ4v) is 3.14. The molecule has 0 N–H and O–H groups in total. The van der Waals surface area contributed by atoms with Gasteiger partial charge in [0.2, 0.25) is 0 Å². The molecule has 0 radical (unpaired) electrons. The number of rotatable bonds is 10. The van der Waals surface area contributed by atoms with Crippen LogP contribution in [0.5, 0.6) is 0 Å². The van der Waals surface area contributed by atoms with Crippen molar-refractivity contribution in [2.45, 2.75) is 59.8 Å². The molecule has 0 saturated carbocycles. The second-order valence-electron chi connectivity index (χ2n) is 6.60. The van der Waals surface area contributed by atoms with Crippen LogP contribution in [-0.2, 0) is 0 Å². The highest BCUT2D eigenvalue weighted by Crippen LogP contribution is 2.28. The van der Waals surface area contributed by atoms with Crippen molar-refractivity contribution in [3.05, 3.63) is 29.3 Å². The maximum Gasteiger partial charge on any atom is 0.199 e. The van der Waals surface area contributed by atoms with Crippen LogP contribution in [0.2, 0.25) is 0 Å². The van der Waals surface area contributed by atoms with E-state index >= 15 is 0 Å². The Bertz CT molecular complexity index is 519. The summed E-state index contributed by atoms with van der Waals surface area (Å²) in [4.78, 5) is 1.58. The predicted molar refractivity (Wildman–Crippen MR) is 91.2 cm³/mol. The van der Waals surface area contributed by atoms with Gasteiger partial charge in [-0.1, -0.05) is 46.5 Å². The number of halogens is 4. The minimum absolute atomic E-state index is 0.207. The van der Waals surface area contributed by atoms with Gasteiger partial charge >= 0.3 is 0 Å². The summed E-state index contributed by atoms with van der Waals surface area (Å²) in [5.41, 5.74) is -0.207. The van der Waals surface area contributed by atoms with E-state index in [1.54, 1.807) is 11.8 Å². The molecule has 0 bridgehead atoms. The Labute approximate surface area is 143 Å². The molecule has 0 aliphatic carbocycles. The third kappa shape index (κ3) is 5.38. The first kappa shape index (κ1) is 20.8. The normalized spacial score (nSPS) is 13.8. The molecule has 0 aromatic heterocycles. The monoisotopic (exact) mass is 347 g/mol. The van der Waals surface area contributed by atoms with Crippen LogP contribution in [0, 0.1) is 35.1 Å². The average molecular weight is 347 g/mol. The molecule has 0 aliphatic rings. The maximum absolute atomic E-state index is 14.0. The molecule has 1 aromatic rings. The van der Waals surface area contributed by atoms with Gasteiger partial charge in [-0.15, -0.1) is 0 Å². The number of hydrogen-bond acceptors (Lipinski definition) is 1. The first-order valence-electron chi connectivity index (χ1n) is 8.93. The van der Waals surface area contributed by atoms with Gasteiger partial charge in [0.05, 0.1) is 5.69 Å². The highest BCUT2D eigenvalue weighted by Gasteiger charge is 2.23. The molecule has 0 spiro atoms. The molecule has 1 nitrogen and oxygen atoms in total. The van der Waals surface area contributed by atoms with Crippen molar-refractivity contribution >= 4 is 5.69 Å². The Morgan fingerprint density at radius 1 is 0.917 bits per heavy atom. The van der Waals surface area contributed by atoms with E-state index in [1.165, 1.54) is 6.42 Å². The van der Waals surface area contributed by atoms with E-state index in [2.05, 4.69) is 20.8 Å². The molecular formula is C19H29F4N. The Balaban J connectivity index is 2.77. The largest absolute Gasteiger partial charge is 0.369 e. The summed E-state index contributed by atoms with van der Waals surface area (Å²) in [5.74, 6) is -5.24. The molecule has 1 rings (SSSR count). The molecule has 0 aliphatic heterocycles. The summed E-state index contributed by atoms with van der Waals surface area (Å²) in [6.45, 7) is 9.08. The van der Waals surface area contributed by atoms with Crippen molar-refractivity contribution in [1.82, 2.24) is 0 Å². The van der Waals surface area contributed by atoms with Crippen LogP contribution in [0.3, 0.4) is 0 Å². The fraction of sp³-hybridized carbons (Fsp3) is 0.684. The highest BCUT2D eigenvalue weighted by atomic mass is 19.2. The Hall–Kier alpha value is -1.26. The first-order chi connectivity index (χ1) is 11.3. The van der Waals surface area contributed by atoms with Crippen molar-refractivity contribution in [2.24, 2.45) is 11.8 Å². The first-order valence-corrected chi connectivity index (χ1v) is 8.93. The molecule has 2 atom stereocenters. The molecule has 1 aromatic carbocycles. The maximum atomic E-state index is 14.0. The van der Waals surface area contributed by atoms with Crippen LogP contribution in [0.25, 0.3) is 0 Å². The van der Waals surface area contributed by atoms with E-state index < -0.39 is 23.3 Å². The molecule has 138 valence electrons. The topological polar surface area (TPSA) is 3.24 Å². The fourth-order valence-electron chi connectivity index (χ4n) is 3.14. The molecule has 24 heavy (non-hydrogen) atoms. The zero-order valence-corrected chi connectivity index (χ0v) is 15.1. The Morgan fingerprint density at radius 3 is 2.12 bits per heavy atom. The van der Waals surface area contributed by atoms with E-state index in [1.807, 2.05) is 0 Å². The highest BCUT2D eigenvalue weighted by molar-refractivity contribution is 5.48. The molecule has 2 unspecified atom stereocenters. The van der Waals surface area contributed by atoms with E-state index in [0.717, 1.165) is 31.7 Å². The Kier molecular flexibility index (Phi) is 8.57. The minimum Gasteiger partial charge on any atom is -0.369 e. The number of hydrogen-bond donors (Lipinski definition) is 0. The SMILES string of the molecule is CCCC(CC)CCC(C)CN(CC)c1cc(F)c(F)c(F)c1F. The molecule has 0 amide bonds. The lowest BCUT2D eigenvalue weighted by Crippen LogP contribution is -2.30. The summed E-state index contributed by atoms with van der Waals surface area (Å²) < 4.78 is 54.0. The van der Waals surface area contributed by atoms with E-state index in [0.29, 0.717) is 19.0 Å². The van der Waals surface area contributed by atoms with Gasteiger partial charge in [-0.3, -0.25) is 0 Å². The predicted octanol–water partition coefficient (Wildman–Crippen LogP) is 6.31. The molecule has 5 heteroatoms. The van der Waals surface area contributed by atoms with Crippen LogP contribution in [0.4, 0.5) is 23.2 Å². The minimum atomic E-state index is -1.76. The number of nitrogens with zero attached hydrogens (tertiary/aromatic N) is 1. The summed E-state index contributed by atoms with van der Waals surface area (Å²) in [6, 6.07) is 0.746. The van der Waals surface area contributed by atoms with Crippen molar-refractivity contribution in [2.75, 3.05) is 18.0 Å². The average Bonchev–Trinajstić information content (AvgIpc) is 2.57. The third-order valence-electron chi connectivity index (χ3n) is 4.68. The quantitative estimate of drug-likeness (QED) is 0.272. The molecule has 0 fully saturated rings. The zero-order valence-electron chi connectivity index (χ0n) is 15.1. The number of benzene rings is 1. The molecule has 0 heterocycles. The van der Waals surface area contributed by atoms with Gasteiger partial charge in [-0.2, -0.15) is 0 Å². The lowest BCUT2D eigenvalue weighted by Gasteiger charge is -2.28. The van der Waals surface area contributed by atoms with Crippen LogP contribution in [0.1, 0.15) is 59.8 Å². The van der Waals surface area contributed by atoms with Gasteiger partial charge in [-0.25, -0.2) is 17.6 Å². The lowest BCUT2D eigenvalue weighted by atomic mass is 9.91. The van der Waals surface area contributed by atoms with Gasteiger partial charge in [0.1, 0.15) is 0 Å². The van der Waals surface area contributed by atoms with Crippen molar-refractivity contribution in [3.63, 3.8) is 0 Å². The van der Waals surface area contributed by atoms with E-state index in [4.69, 9.17) is 0 Å². The van der Waals surface area contributed by atoms with Crippen molar-refractivity contribution in [1.29, 1.82) is 0 Å². The smallest absolute Gasteiger partial charge is 0.199 e. The summed E-state index contributed by atoms with van der Waals surface area (Å²) in [7, 11) is 0. The second kappa shape index (κ2) is 9.90. The Morgan fingerprint density at radius 2 is 1.58 bits per heavy atom. The van der Waals surface area contributed by atoms with Gasteiger partial charge in [-0.05, 0) is 25.2 Å². The van der Waals surface area contributed by atoms with Crippen molar-refractivity contribution < 1.29 is 17.6 Å². The van der Waals surface area contributed by atoms with Crippen LogP contribution in [0.15, 0.2) is 6.07 Å². The van der Waals surface area contributed by atoms with Gasteiger partial charge in [0, 0.05) is 19.2 Å². The summed E-state index contributed by atoms with van der Waals surface area (Å²) in [5, 5.41) is 0. The van der Waals surface area contributed by atoms with Crippen LogP contribution >= 0.6 is 0 Å².